The lowest BCUT2D eigenvalue weighted by atomic mass is 10.3. The largest absolute Gasteiger partial charge is 0.299 e. The maximum Gasteiger partial charge on any atom is 0.143 e. The predicted octanol–water partition coefficient (Wildman–Crippen LogP) is 1.54. The van der Waals surface area contributed by atoms with Crippen LogP contribution in [0.5, 0.6) is 0 Å². The Hall–Kier alpha value is -1.03. The summed E-state index contributed by atoms with van der Waals surface area (Å²) in [5.41, 5.74) is 0. The molecule has 0 amide bonds. The van der Waals surface area contributed by atoms with E-state index in [-0.39, 0.29) is 0 Å². The van der Waals surface area contributed by atoms with Gasteiger partial charge in [-0.25, -0.2) is 0 Å². The fourth-order valence-electron chi connectivity index (χ4n) is 0.343. The summed E-state index contributed by atoms with van der Waals surface area (Å²) in [5, 5.41) is 0. The zero-order chi connectivity index (χ0) is 6.95. The van der Waals surface area contributed by atoms with Gasteiger partial charge in [-0.3, -0.25) is 4.79 Å². The van der Waals surface area contributed by atoms with Crippen molar-refractivity contribution in [1.82, 2.24) is 0 Å². The van der Waals surface area contributed by atoms with Crippen LogP contribution in [0.1, 0.15) is 19.8 Å². The first-order chi connectivity index (χ1) is 4.41. The first-order valence-electron chi connectivity index (χ1n) is 3.00. The van der Waals surface area contributed by atoms with Crippen LogP contribution in [-0.2, 0) is 4.79 Å². The van der Waals surface area contributed by atoms with Crippen LogP contribution < -0.4 is 0 Å². The van der Waals surface area contributed by atoms with Gasteiger partial charge in [-0.05, 0) is 18.6 Å². The van der Waals surface area contributed by atoms with Crippen molar-refractivity contribution in [2.45, 2.75) is 19.8 Å². The molecular formula is C8H10O. The highest BCUT2D eigenvalue weighted by Gasteiger charge is 1.66. The standard InChI is InChI=1S/C8H10O/c1-2-3-4-5-6-7-8-9/h6-8H,2-3H2,1H3/b7-6+. The molecule has 48 valence electrons. The summed E-state index contributed by atoms with van der Waals surface area (Å²) in [5.74, 6) is 5.60. The van der Waals surface area contributed by atoms with Gasteiger partial charge in [0.2, 0.25) is 0 Å². The van der Waals surface area contributed by atoms with Gasteiger partial charge in [-0.15, -0.1) is 0 Å². The quantitative estimate of drug-likeness (QED) is 0.308. The molecule has 0 N–H and O–H groups in total. The fraction of sp³-hybridized carbons (Fsp3) is 0.375. The normalized spacial score (nSPS) is 8.56. The van der Waals surface area contributed by atoms with Crippen molar-refractivity contribution in [3.05, 3.63) is 12.2 Å². The molecule has 0 aromatic rings. The first kappa shape index (κ1) is 7.97. The Labute approximate surface area is 55.8 Å². The maximum absolute atomic E-state index is 9.68. The average Bonchev–Trinajstić information content (AvgIpc) is 1.89. The van der Waals surface area contributed by atoms with Crippen LogP contribution in [0.3, 0.4) is 0 Å². The highest BCUT2D eigenvalue weighted by Crippen LogP contribution is 1.80. The Morgan fingerprint density at radius 1 is 1.56 bits per heavy atom. The van der Waals surface area contributed by atoms with Gasteiger partial charge in [0, 0.05) is 6.42 Å². The predicted molar refractivity (Wildman–Crippen MR) is 37.9 cm³/mol. The third-order valence-corrected chi connectivity index (χ3v) is 0.735. The Morgan fingerprint density at radius 2 is 2.33 bits per heavy atom. The van der Waals surface area contributed by atoms with Crippen LogP contribution in [0.4, 0.5) is 0 Å². The summed E-state index contributed by atoms with van der Waals surface area (Å²) < 4.78 is 0. The highest BCUT2D eigenvalue weighted by molar-refractivity contribution is 5.65. The van der Waals surface area contributed by atoms with Crippen molar-refractivity contribution in [2.75, 3.05) is 0 Å². The Balaban J connectivity index is 3.36. The molecule has 0 aliphatic carbocycles. The number of hydrogen-bond acceptors (Lipinski definition) is 1. The van der Waals surface area contributed by atoms with Crippen LogP contribution in [-0.4, -0.2) is 6.29 Å². The van der Waals surface area contributed by atoms with Crippen LogP contribution in [0.2, 0.25) is 0 Å². The SMILES string of the molecule is CCCC#C/C=C/C=O. The van der Waals surface area contributed by atoms with E-state index in [9.17, 15) is 4.79 Å². The molecule has 0 aliphatic heterocycles. The molecule has 0 aromatic heterocycles. The summed E-state index contributed by atoms with van der Waals surface area (Å²) in [4.78, 5) is 9.68. The lowest BCUT2D eigenvalue weighted by molar-refractivity contribution is -0.104. The second kappa shape index (κ2) is 6.97. The van der Waals surface area contributed by atoms with Gasteiger partial charge in [-0.1, -0.05) is 18.8 Å². The van der Waals surface area contributed by atoms with Crippen molar-refractivity contribution in [3.8, 4) is 11.8 Å². The monoisotopic (exact) mass is 122 g/mol. The van der Waals surface area contributed by atoms with Crippen molar-refractivity contribution < 1.29 is 4.79 Å². The van der Waals surface area contributed by atoms with Crippen molar-refractivity contribution in [2.24, 2.45) is 0 Å². The van der Waals surface area contributed by atoms with Gasteiger partial charge in [0.15, 0.2) is 0 Å². The van der Waals surface area contributed by atoms with E-state index in [4.69, 9.17) is 0 Å². The van der Waals surface area contributed by atoms with E-state index in [1.807, 2.05) is 0 Å². The number of rotatable bonds is 2. The number of hydrogen-bond donors (Lipinski definition) is 0. The second-order valence-corrected chi connectivity index (χ2v) is 1.57. The number of aldehydes is 1. The van der Waals surface area contributed by atoms with E-state index >= 15 is 0 Å². The summed E-state index contributed by atoms with van der Waals surface area (Å²) in [7, 11) is 0. The van der Waals surface area contributed by atoms with Gasteiger partial charge in [0.1, 0.15) is 6.29 Å². The number of allylic oxidation sites excluding steroid dienone is 2. The summed E-state index contributed by atoms with van der Waals surface area (Å²) in [6, 6.07) is 0. The molecule has 9 heavy (non-hydrogen) atoms. The van der Waals surface area contributed by atoms with E-state index in [1.54, 1.807) is 6.08 Å². The number of unbranched alkanes of at least 4 members (excludes halogenated alkanes) is 1. The van der Waals surface area contributed by atoms with Crippen LogP contribution in [0, 0.1) is 11.8 Å². The molecule has 1 nitrogen and oxygen atoms in total. The van der Waals surface area contributed by atoms with Crippen LogP contribution in [0.15, 0.2) is 12.2 Å². The van der Waals surface area contributed by atoms with Crippen molar-refractivity contribution >= 4 is 6.29 Å². The zero-order valence-corrected chi connectivity index (χ0v) is 5.55. The topological polar surface area (TPSA) is 17.1 Å². The molecule has 0 aliphatic rings. The minimum absolute atomic E-state index is 0.723. The number of carbonyl (C=O) groups excluding carboxylic acids is 1. The summed E-state index contributed by atoms with van der Waals surface area (Å²) in [6.07, 6.45) is 5.65. The van der Waals surface area contributed by atoms with Gasteiger partial charge in [-0.2, -0.15) is 0 Å². The van der Waals surface area contributed by atoms with E-state index in [2.05, 4.69) is 18.8 Å². The molecule has 0 rings (SSSR count). The summed E-state index contributed by atoms with van der Waals surface area (Å²) >= 11 is 0. The Kier molecular flexibility index (Phi) is 6.17. The van der Waals surface area contributed by atoms with Crippen LogP contribution >= 0.6 is 0 Å². The van der Waals surface area contributed by atoms with Gasteiger partial charge >= 0.3 is 0 Å². The molecule has 0 heterocycles. The van der Waals surface area contributed by atoms with E-state index in [0.29, 0.717) is 0 Å². The lowest BCUT2D eigenvalue weighted by Crippen LogP contribution is -1.60. The van der Waals surface area contributed by atoms with E-state index in [0.717, 1.165) is 19.1 Å². The molecule has 0 unspecified atom stereocenters. The van der Waals surface area contributed by atoms with Gasteiger partial charge < -0.3 is 0 Å². The molecule has 0 atom stereocenters. The molecule has 0 bridgehead atoms. The van der Waals surface area contributed by atoms with Crippen molar-refractivity contribution in [3.63, 3.8) is 0 Å². The second-order valence-electron chi connectivity index (χ2n) is 1.57. The third kappa shape index (κ3) is 6.97. The number of carbonyl (C=O) groups is 1. The lowest BCUT2D eigenvalue weighted by Gasteiger charge is -1.73. The fourth-order valence-corrected chi connectivity index (χ4v) is 0.343. The molecular weight excluding hydrogens is 112 g/mol. The first-order valence-corrected chi connectivity index (χ1v) is 3.00. The maximum atomic E-state index is 9.68. The minimum atomic E-state index is 0.723. The minimum Gasteiger partial charge on any atom is -0.299 e. The Bertz CT molecular complexity index is 146. The molecule has 0 radical (unpaired) electrons. The molecule has 0 saturated heterocycles. The smallest absolute Gasteiger partial charge is 0.143 e. The zero-order valence-electron chi connectivity index (χ0n) is 5.55. The Morgan fingerprint density at radius 3 is 2.89 bits per heavy atom. The average molecular weight is 122 g/mol. The van der Waals surface area contributed by atoms with E-state index in [1.165, 1.54) is 6.08 Å². The molecule has 0 spiro atoms. The van der Waals surface area contributed by atoms with Gasteiger partial charge in [0.25, 0.3) is 0 Å². The van der Waals surface area contributed by atoms with Crippen LogP contribution in [0.25, 0.3) is 0 Å². The van der Waals surface area contributed by atoms with Crippen molar-refractivity contribution in [1.29, 1.82) is 0 Å². The third-order valence-electron chi connectivity index (χ3n) is 0.735. The highest BCUT2D eigenvalue weighted by atomic mass is 16.1. The molecule has 1 heteroatoms. The molecule has 0 fully saturated rings. The molecule has 0 aromatic carbocycles. The summed E-state index contributed by atoms with van der Waals surface area (Å²) in [6.45, 7) is 2.07. The van der Waals surface area contributed by atoms with Gasteiger partial charge in [0.05, 0.1) is 0 Å². The van der Waals surface area contributed by atoms with E-state index < -0.39 is 0 Å². The molecule has 0 saturated carbocycles.